The summed E-state index contributed by atoms with van der Waals surface area (Å²) >= 11 is 5.94. The molecule has 1 atom stereocenters. The van der Waals surface area contributed by atoms with Crippen molar-refractivity contribution in [3.63, 3.8) is 0 Å². The summed E-state index contributed by atoms with van der Waals surface area (Å²) in [6.07, 6.45) is 4.89. The topological polar surface area (TPSA) is 76.1 Å². The van der Waals surface area contributed by atoms with Crippen molar-refractivity contribution < 1.29 is 9.53 Å². The third-order valence-electron chi connectivity index (χ3n) is 3.28. The maximum Gasteiger partial charge on any atom is 0.261 e. The van der Waals surface area contributed by atoms with Gasteiger partial charge < -0.3 is 15.4 Å². The number of anilines is 1. The zero-order valence-electron chi connectivity index (χ0n) is 11.8. The summed E-state index contributed by atoms with van der Waals surface area (Å²) in [5.41, 5.74) is 0.963. The SMILES string of the molecule is O=C(NCCNc1cnccn1)C1Cc2cc(Cl)ccc2O1. The van der Waals surface area contributed by atoms with E-state index in [0.29, 0.717) is 30.4 Å². The largest absolute Gasteiger partial charge is 0.480 e. The number of halogens is 1. The second kappa shape index (κ2) is 6.62. The van der Waals surface area contributed by atoms with Crippen molar-refractivity contribution in [2.45, 2.75) is 12.5 Å². The maximum absolute atomic E-state index is 12.1. The number of hydrogen-bond acceptors (Lipinski definition) is 5. The number of benzene rings is 1. The minimum Gasteiger partial charge on any atom is -0.480 e. The van der Waals surface area contributed by atoms with Gasteiger partial charge in [0.2, 0.25) is 0 Å². The van der Waals surface area contributed by atoms with Gasteiger partial charge >= 0.3 is 0 Å². The lowest BCUT2D eigenvalue weighted by molar-refractivity contribution is -0.127. The molecule has 7 heteroatoms. The van der Waals surface area contributed by atoms with Crippen LogP contribution in [0, 0.1) is 0 Å². The van der Waals surface area contributed by atoms with Crippen molar-refractivity contribution in [1.29, 1.82) is 0 Å². The summed E-state index contributed by atoms with van der Waals surface area (Å²) in [7, 11) is 0. The lowest BCUT2D eigenvalue weighted by Gasteiger charge is -2.11. The third kappa shape index (κ3) is 3.46. The number of amides is 1. The summed E-state index contributed by atoms with van der Waals surface area (Å²) in [6, 6.07) is 5.38. The number of fused-ring (bicyclic) bond motifs is 1. The van der Waals surface area contributed by atoms with Crippen LogP contribution in [0.15, 0.2) is 36.8 Å². The Morgan fingerprint density at radius 1 is 1.36 bits per heavy atom. The molecule has 2 aromatic rings. The van der Waals surface area contributed by atoms with E-state index < -0.39 is 6.10 Å². The fourth-order valence-electron chi connectivity index (χ4n) is 2.24. The van der Waals surface area contributed by atoms with Crippen LogP contribution in [-0.4, -0.2) is 35.1 Å². The van der Waals surface area contributed by atoms with Gasteiger partial charge in [-0.1, -0.05) is 11.6 Å². The normalized spacial score (nSPS) is 15.8. The smallest absolute Gasteiger partial charge is 0.261 e. The van der Waals surface area contributed by atoms with Gasteiger partial charge in [-0.05, 0) is 23.8 Å². The van der Waals surface area contributed by atoms with Gasteiger partial charge in [0, 0.05) is 36.9 Å². The van der Waals surface area contributed by atoms with Crippen molar-refractivity contribution >= 4 is 23.3 Å². The van der Waals surface area contributed by atoms with E-state index in [1.54, 1.807) is 30.7 Å². The number of nitrogens with one attached hydrogen (secondary N) is 2. The number of carbonyl (C=O) groups is 1. The van der Waals surface area contributed by atoms with Crippen molar-refractivity contribution in [3.05, 3.63) is 47.4 Å². The van der Waals surface area contributed by atoms with Gasteiger partial charge in [0.1, 0.15) is 11.6 Å². The molecule has 2 N–H and O–H groups in total. The molecule has 1 aromatic carbocycles. The number of ether oxygens (including phenoxy) is 1. The molecular formula is C15H15ClN4O2. The molecule has 1 unspecified atom stereocenters. The molecule has 0 aliphatic carbocycles. The highest BCUT2D eigenvalue weighted by Crippen LogP contribution is 2.30. The van der Waals surface area contributed by atoms with Gasteiger partial charge in [-0.3, -0.25) is 9.78 Å². The molecule has 6 nitrogen and oxygen atoms in total. The van der Waals surface area contributed by atoms with Gasteiger partial charge in [0.05, 0.1) is 6.20 Å². The van der Waals surface area contributed by atoms with Crippen LogP contribution in [0.2, 0.25) is 5.02 Å². The van der Waals surface area contributed by atoms with Crippen molar-refractivity contribution in [2.75, 3.05) is 18.4 Å². The molecule has 1 aliphatic heterocycles. The molecule has 2 heterocycles. The van der Waals surface area contributed by atoms with Gasteiger partial charge in [-0.2, -0.15) is 0 Å². The fraction of sp³-hybridized carbons (Fsp3) is 0.267. The highest BCUT2D eigenvalue weighted by molar-refractivity contribution is 6.30. The predicted octanol–water partition coefficient (Wildman–Crippen LogP) is 1.66. The van der Waals surface area contributed by atoms with E-state index in [1.165, 1.54) is 0 Å². The minimum atomic E-state index is -0.495. The minimum absolute atomic E-state index is 0.131. The first-order valence-electron chi connectivity index (χ1n) is 6.95. The molecule has 1 amide bonds. The lowest BCUT2D eigenvalue weighted by Crippen LogP contribution is -2.39. The molecule has 0 saturated heterocycles. The van der Waals surface area contributed by atoms with Crippen LogP contribution >= 0.6 is 11.6 Å². The molecule has 114 valence electrons. The summed E-state index contributed by atoms with van der Waals surface area (Å²) in [5, 5.41) is 6.55. The molecular weight excluding hydrogens is 304 g/mol. The standard InChI is InChI=1S/C15H15ClN4O2/c16-11-1-2-12-10(7-11)8-13(22-12)15(21)20-6-5-19-14-9-17-3-4-18-14/h1-4,7,9,13H,5-6,8H2,(H,18,19)(H,20,21). The summed E-state index contributed by atoms with van der Waals surface area (Å²) in [4.78, 5) is 20.1. The second-order valence-electron chi connectivity index (χ2n) is 4.87. The molecule has 0 bridgehead atoms. The number of nitrogens with zero attached hydrogens (tertiary/aromatic N) is 2. The zero-order valence-corrected chi connectivity index (χ0v) is 12.5. The number of rotatable bonds is 5. The van der Waals surface area contributed by atoms with Crippen LogP contribution in [0.3, 0.4) is 0 Å². The first-order chi connectivity index (χ1) is 10.7. The average molecular weight is 319 g/mol. The lowest BCUT2D eigenvalue weighted by atomic mass is 10.1. The average Bonchev–Trinajstić information content (AvgIpc) is 2.95. The molecule has 0 saturated carbocycles. The van der Waals surface area contributed by atoms with E-state index in [4.69, 9.17) is 16.3 Å². The molecule has 1 aliphatic rings. The van der Waals surface area contributed by atoms with E-state index >= 15 is 0 Å². The molecule has 0 spiro atoms. The Morgan fingerprint density at radius 3 is 3.09 bits per heavy atom. The molecule has 0 fully saturated rings. The highest BCUT2D eigenvalue weighted by atomic mass is 35.5. The molecule has 3 rings (SSSR count). The van der Waals surface area contributed by atoms with Crippen LogP contribution in [0.5, 0.6) is 5.75 Å². The Labute approximate surface area is 132 Å². The van der Waals surface area contributed by atoms with Gasteiger partial charge in [-0.15, -0.1) is 0 Å². The monoisotopic (exact) mass is 318 g/mol. The van der Waals surface area contributed by atoms with E-state index in [2.05, 4.69) is 20.6 Å². The summed E-state index contributed by atoms with van der Waals surface area (Å²) in [5.74, 6) is 1.27. The first-order valence-corrected chi connectivity index (χ1v) is 7.33. The van der Waals surface area contributed by atoms with Crippen molar-refractivity contribution in [2.24, 2.45) is 0 Å². The van der Waals surface area contributed by atoms with Crippen LogP contribution in [0.4, 0.5) is 5.82 Å². The van der Waals surface area contributed by atoms with E-state index in [1.807, 2.05) is 6.07 Å². The maximum atomic E-state index is 12.1. The number of carbonyl (C=O) groups excluding carboxylic acids is 1. The Hall–Kier alpha value is -2.34. The number of hydrogen-bond donors (Lipinski definition) is 2. The fourth-order valence-corrected chi connectivity index (χ4v) is 2.44. The van der Waals surface area contributed by atoms with Crippen molar-refractivity contribution in [3.8, 4) is 5.75 Å². The Kier molecular flexibility index (Phi) is 4.39. The quantitative estimate of drug-likeness (QED) is 0.820. The van der Waals surface area contributed by atoms with Gasteiger partial charge in [0.25, 0.3) is 5.91 Å². The molecule has 0 radical (unpaired) electrons. The molecule has 22 heavy (non-hydrogen) atoms. The highest BCUT2D eigenvalue weighted by Gasteiger charge is 2.28. The van der Waals surface area contributed by atoms with E-state index in [0.717, 1.165) is 11.3 Å². The Balaban J connectivity index is 1.44. The van der Waals surface area contributed by atoms with Crippen LogP contribution in [-0.2, 0) is 11.2 Å². The first kappa shape index (κ1) is 14.6. The van der Waals surface area contributed by atoms with Crippen LogP contribution in [0.25, 0.3) is 0 Å². The Morgan fingerprint density at radius 2 is 2.27 bits per heavy atom. The van der Waals surface area contributed by atoms with E-state index in [9.17, 15) is 4.79 Å². The van der Waals surface area contributed by atoms with Crippen LogP contribution in [0.1, 0.15) is 5.56 Å². The molecule has 1 aromatic heterocycles. The Bertz CT molecular complexity index is 666. The van der Waals surface area contributed by atoms with Crippen LogP contribution < -0.4 is 15.4 Å². The van der Waals surface area contributed by atoms with Gasteiger partial charge in [-0.25, -0.2) is 4.98 Å². The van der Waals surface area contributed by atoms with E-state index in [-0.39, 0.29) is 5.91 Å². The second-order valence-corrected chi connectivity index (χ2v) is 5.31. The van der Waals surface area contributed by atoms with Crippen molar-refractivity contribution in [1.82, 2.24) is 15.3 Å². The number of aromatic nitrogens is 2. The third-order valence-corrected chi connectivity index (χ3v) is 3.52. The van der Waals surface area contributed by atoms with Gasteiger partial charge in [0.15, 0.2) is 6.10 Å². The predicted molar refractivity (Wildman–Crippen MR) is 83.1 cm³/mol. The summed E-state index contributed by atoms with van der Waals surface area (Å²) < 4.78 is 5.63. The summed E-state index contributed by atoms with van der Waals surface area (Å²) in [6.45, 7) is 1.04. The zero-order chi connectivity index (χ0) is 15.4.